The molecule has 22 heavy (non-hydrogen) atoms. The Hall–Kier alpha value is -2.82. The highest BCUT2D eigenvalue weighted by Crippen LogP contribution is 2.31. The van der Waals surface area contributed by atoms with Gasteiger partial charge in [-0.1, -0.05) is 42.5 Å². The van der Waals surface area contributed by atoms with Gasteiger partial charge in [0.1, 0.15) is 6.61 Å². The fourth-order valence-electron chi connectivity index (χ4n) is 2.54. The molecule has 3 rings (SSSR count). The van der Waals surface area contributed by atoms with Crippen LogP contribution < -0.4 is 10.6 Å². The lowest BCUT2D eigenvalue weighted by Gasteiger charge is -2.40. The van der Waals surface area contributed by atoms with Crippen molar-refractivity contribution in [2.24, 2.45) is 0 Å². The fourth-order valence-corrected chi connectivity index (χ4v) is 2.54. The Labute approximate surface area is 128 Å². The molecule has 0 aromatic heterocycles. The summed E-state index contributed by atoms with van der Waals surface area (Å²) in [5.41, 5.74) is 1.12. The first kappa shape index (κ1) is 14.1. The SMILES string of the molecule is CC(=O)OCC1(c2ccccc2)NC(=O)c2ccccc2N1. The van der Waals surface area contributed by atoms with Crippen molar-refractivity contribution in [1.29, 1.82) is 0 Å². The lowest BCUT2D eigenvalue weighted by Crippen LogP contribution is -2.58. The molecule has 0 saturated heterocycles. The van der Waals surface area contributed by atoms with Crippen molar-refractivity contribution in [3.63, 3.8) is 0 Å². The summed E-state index contributed by atoms with van der Waals surface area (Å²) in [7, 11) is 0. The summed E-state index contributed by atoms with van der Waals surface area (Å²) >= 11 is 0. The number of carbonyl (C=O) groups is 2. The van der Waals surface area contributed by atoms with E-state index in [0.29, 0.717) is 11.3 Å². The van der Waals surface area contributed by atoms with Gasteiger partial charge in [-0.05, 0) is 12.1 Å². The van der Waals surface area contributed by atoms with Crippen molar-refractivity contribution >= 4 is 17.6 Å². The number of amides is 1. The van der Waals surface area contributed by atoms with E-state index in [1.54, 1.807) is 6.07 Å². The maximum atomic E-state index is 12.4. The second-order valence-electron chi connectivity index (χ2n) is 5.18. The maximum absolute atomic E-state index is 12.4. The molecule has 2 aromatic rings. The van der Waals surface area contributed by atoms with Crippen LogP contribution in [0.2, 0.25) is 0 Å². The number of fused-ring (bicyclic) bond motifs is 1. The Morgan fingerprint density at radius 1 is 1.05 bits per heavy atom. The first-order chi connectivity index (χ1) is 10.6. The summed E-state index contributed by atoms with van der Waals surface area (Å²) in [5.74, 6) is -0.601. The van der Waals surface area contributed by atoms with Gasteiger partial charge in [0.05, 0.1) is 5.56 Å². The number of para-hydroxylation sites is 1. The summed E-state index contributed by atoms with van der Waals surface area (Å²) in [6, 6.07) is 16.6. The molecule has 1 unspecified atom stereocenters. The molecule has 2 aromatic carbocycles. The van der Waals surface area contributed by atoms with Crippen LogP contribution in [0.25, 0.3) is 0 Å². The number of ether oxygens (including phenoxy) is 1. The molecule has 112 valence electrons. The third kappa shape index (κ3) is 2.53. The second-order valence-corrected chi connectivity index (χ2v) is 5.18. The average molecular weight is 296 g/mol. The molecule has 0 radical (unpaired) electrons. The third-order valence-corrected chi connectivity index (χ3v) is 3.61. The minimum absolute atomic E-state index is 0.00637. The Balaban J connectivity index is 2.04. The standard InChI is InChI=1S/C17H16N2O3/c1-12(20)22-11-17(13-7-3-2-4-8-13)18-15-10-6-5-9-14(15)16(21)19-17/h2-10,18H,11H2,1H3,(H,19,21). The van der Waals surface area contributed by atoms with E-state index in [9.17, 15) is 9.59 Å². The van der Waals surface area contributed by atoms with Crippen molar-refractivity contribution in [2.45, 2.75) is 12.6 Å². The van der Waals surface area contributed by atoms with Crippen molar-refractivity contribution in [3.05, 3.63) is 65.7 Å². The summed E-state index contributed by atoms with van der Waals surface area (Å²) in [5, 5.41) is 6.23. The van der Waals surface area contributed by atoms with Crippen LogP contribution in [0, 0.1) is 0 Å². The number of benzene rings is 2. The van der Waals surface area contributed by atoms with E-state index in [0.717, 1.165) is 5.56 Å². The highest BCUT2D eigenvalue weighted by Gasteiger charge is 2.40. The molecule has 0 aliphatic carbocycles. The quantitative estimate of drug-likeness (QED) is 0.853. The minimum atomic E-state index is -0.974. The van der Waals surface area contributed by atoms with Crippen LogP contribution >= 0.6 is 0 Å². The van der Waals surface area contributed by atoms with Crippen LogP contribution in [0.4, 0.5) is 5.69 Å². The van der Waals surface area contributed by atoms with E-state index in [-0.39, 0.29) is 12.5 Å². The monoisotopic (exact) mass is 296 g/mol. The Kier molecular flexibility index (Phi) is 3.55. The van der Waals surface area contributed by atoms with Crippen LogP contribution in [0.3, 0.4) is 0 Å². The van der Waals surface area contributed by atoms with Crippen molar-refractivity contribution < 1.29 is 14.3 Å². The summed E-state index contributed by atoms with van der Waals surface area (Å²) < 4.78 is 5.19. The van der Waals surface area contributed by atoms with E-state index in [2.05, 4.69) is 10.6 Å². The van der Waals surface area contributed by atoms with Gasteiger partial charge in [0.25, 0.3) is 5.91 Å². The lowest BCUT2D eigenvalue weighted by atomic mass is 9.95. The zero-order valence-electron chi connectivity index (χ0n) is 12.1. The van der Waals surface area contributed by atoms with Gasteiger partial charge >= 0.3 is 5.97 Å². The number of hydrogen-bond acceptors (Lipinski definition) is 4. The minimum Gasteiger partial charge on any atom is -0.461 e. The normalized spacial score (nSPS) is 19.6. The van der Waals surface area contributed by atoms with Gasteiger partial charge in [-0.3, -0.25) is 9.59 Å². The van der Waals surface area contributed by atoms with Crippen LogP contribution in [0.5, 0.6) is 0 Å². The van der Waals surface area contributed by atoms with Crippen molar-refractivity contribution in [3.8, 4) is 0 Å². The van der Waals surface area contributed by atoms with Gasteiger partial charge in [-0.2, -0.15) is 0 Å². The number of nitrogens with one attached hydrogen (secondary N) is 2. The molecule has 1 aliphatic rings. The topological polar surface area (TPSA) is 67.4 Å². The molecule has 1 heterocycles. The molecule has 0 fully saturated rings. The van der Waals surface area contributed by atoms with Gasteiger partial charge in [0.2, 0.25) is 0 Å². The highest BCUT2D eigenvalue weighted by atomic mass is 16.5. The van der Waals surface area contributed by atoms with E-state index < -0.39 is 11.6 Å². The zero-order valence-corrected chi connectivity index (χ0v) is 12.1. The van der Waals surface area contributed by atoms with Crippen molar-refractivity contribution in [2.75, 3.05) is 11.9 Å². The zero-order chi connectivity index (χ0) is 15.6. The molecule has 2 N–H and O–H groups in total. The van der Waals surface area contributed by atoms with E-state index >= 15 is 0 Å². The highest BCUT2D eigenvalue weighted by molar-refractivity contribution is 6.02. The molecule has 0 saturated carbocycles. The molecule has 1 atom stereocenters. The maximum Gasteiger partial charge on any atom is 0.302 e. The molecular formula is C17H16N2O3. The molecule has 1 amide bonds. The summed E-state index contributed by atoms with van der Waals surface area (Å²) in [6.07, 6.45) is 0. The Bertz CT molecular complexity index is 715. The number of rotatable bonds is 3. The van der Waals surface area contributed by atoms with Gasteiger partial charge in [-0.25, -0.2) is 0 Å². The smallest absolute Gasteiger partial charge is 0.302 e. The van der Waals surface area contributed by atoms with Crippen LogP contribution in [0.1, 0.15) is 22.8 Å². The first-order valence-corrected chi connectivity index (χ1v) is 6.99. The second kappa shape index (κ2) is 5.52. The molecule has 5 heteroatoms. The van der Waals surface area contributed by atoms with E-state index in [1.165, 1.54) is 6.92 Å². The number of carbonyl (C=O) groups excluding carboxylic acids is 2. The number of hydrogen-bond donors (Lipinski definition) is 2. The van der Waals surface area contributed by atoms with Crippen LogP contribution in [-0.2, 0) is 15.2 Å². The summed E-state index contributed by atoms with van der Waals surface area (Å²) in [6.45, 7) is 1.35. The Morgan fingerprint density at radius 3 is 2.45 bits per heavy atom. The predicted octanol–water partition coefficient (Wildman–Crippen LogP) is 2.26. The van der Waals surface area contributed by atoms with Crippen LogP contribution in [-0.4, -0.2) is 18.5 Å². The largest absolute Gasteiger partial charge is 0.461 e. The van der Waals surface area contributed by atoms with Crippen LogP contribution in [0.15, 0.2) is 54.6 Å². The predicted molar refractivity (Wildman–Crippen MR) is 82.3 cm³/mol. The van der Waals surface area contributed by atoms with Gasteiger partial charge in [-0.15, -0.1) is 0 Å². The van der Waals surface area contributed by atoms with Gasteiger partial charge < -0.3 is 15.4 Å². The molecule has 0 spiro atoms. The third-order valence-electron chi connectivity index (χ3n) is 3.61. The first-order valence-electron chi connectivity index (χ1n) is 6.99. The van der Waals surface area contributed by atoms with Crippen molar-refractivity contribution in [1.82, 2.24) is 5.32 Å². The van der Waals surface area contributed by atoms with Gasteiger partial charge in [0.15, 0.2) is 5.66 Å². The number of anilines is 1. The average Bonchev–Trinajstić information content (AvgIpc) is 2.54. The summed E-state index contributed by atoms with van der Waals surface area (Å²) in [4.78, 5) is 23.7. The van der Waals surface area contributed by atoms with E-state index in [1.807, 2.05) is 48.5 Å². The Morgan fingerprint density at radius 2 is 1.73 bits per heavy atom. The molecule has 1 aliphatic heterocycles. The molecule has 5 nitrogen and oxygen atoms in total. The van der Waals surface area contributed by atoms with Gasteiger partial charge in [0, 0.05) is 18.2 Å². The lowest BCUT2D eigenvalue weighted by molar-refractivity contribution is -0.143. The molecular weight excluding hydrogens is 280 g/mol. The fraction of sp³-hybridized carbons (Fsp3) is 0.176. The van der Waals surface area contributed by atoms with E-state index in [4.69, 9.17) is 4.74 Å². The number of esters is 1. The molecule has 0 bridgehead atoms.